The number of sulfonamides is 2. The minimum absolute atomic E-state index is 0.0624. The molecule has 10 heteroatoms. The van der Waals surface area contributed by atoms with Crippen molar-refractivity contribution in [2.75, 3.05) is 39.3 Å². The standard InChI is InChI=1S/C15H21N3O5S2/c19-13-16-9-11-18(12-10-16)25(22,23)15-5-3-14(4-6-15)24(20,21)17-7-1-2-8-17/h3-6,13H,1-2,7-12H2. The Kier molecular flexibility index (Phi) is 5.14. The topological polar surface area (TPSA) is 95.1 Å². The van der Waals surface area contributed by atoms with E-state index in [1.165, 1.54) is 37.8 Å². The minimum atomic E-state index is -3.69. The third kappa shape index (κ3) is 3.57. The molecule has 0 atom stereocenters. The Morgan fingerprint density at radius 1 is 0.680 bits per heavy atom. The average molecular weight is 387 g/mol. The molecule has 0 saturated carbocycles. The lowest BCUT2D eigenvalue weighted by Crippen LogP contribution is -2.47. The summed E-state index contributed by atoms with van der Waals surface area (Å²) in [6, 6.07) is 5.37. The van der Waals surface area contributed by atoms with Gasteiger partial charge in [0.05, 0.1) is 9.79 Å². The van der Waals surface area contributed by atoms with Crippen LogP contribution in [0.15, 0.2) is 34.1 Å². The summed E-state index contributed by atoms with van der Waals surface area (Å²) >= 11 is 0. The summed E-state index contributed by atoms with van der Waals surface area (Å²) in [5, 5.41) is 0. The molecule has 1 aromatic rings. The van der Waals surface area contributed by atoms with E-state index in [4.69, 9.17) is 0 Å². The van der Waals surface area contributed by atoms with Gasteiger partial charge < -0.3 is 4.90 Å². The maximum atomic E-state index is 12.7. The summed E-state index contributed by atoms with van der Waals surface area (Å²) in [6.45, 7) is 2.17. The minimum Gasteiger partial charge on any atom is -0.343 e. The first-order valence-corrected chi connectivity index (χ1v) is 11.0. The van der Waals surface area contributed by atoms with Crippen LogP contribution in [0.4, 0.5) is 0 Å². The van der Waals surface area contributed by atoms with Gasteiger partial charge >= 0.3 is 0 Å². The second-order valence-electron chi connectivity index (χ2n) is 6.13. The van der Waals surface area contributed by atoms with E-state index in [0.29, 0.717) is 32.6 Å². The highest BCUT2D eigenvalue weighted by Crippen LogP contribution is 2.23. The van der Waals surface area contributed by atoms with Gasteiger partial charge in [-0.2, -0.15) is 8.61 Å². The summed E-state index contributed by atoms with van der Waals surface area (Å²) < 4.78 is 53.0. The van der Waals surface area contributed by atoms with E-state index in [-0.39, 0.29) is 22.9 Å². The lowest BCUT2D eigenvalue weighted by atomic mass is 10.4. The Labute approximate surface area is 148 Å². The molecule has 138 valence electrons. The fourth-order valence-electron chi connectivity index (χ4n) is 3.06. The summed E-state index contributed by atoms with van der Waals surface area (Å²) in [6.07, 6.45) is 2.40. The van der Waals surface area contributed by atoms with Crippen molar-refractivity contribution in [1.82, 2.24) is 13.5 Å². The third-order valence-corrected chi connectivity index (χ3v) is 8.41. The molecule has 2 fully saturated rings. The van der Waals surface area contributed by atoms with Crippen molar-refractivity contribution in [3.05, 3.63) is 24.3 Å². The predicted octanol–water partition coefficient (Wildman–Crippen LogP) is -0.0662. The second kappa shape index (κ2) is 7.02. The van der Waals surface area contributed by atoms with E-state index in [9.17, 15) is 21.6 Å². The summed E-state index contributed by atoms with van der Waals surface area (Å²) in [7, 11) is -7.25. The molecule has 2 aliphatic heterocycles. The van der Waals surface area contributed by atoms with Crippen LogP contribution in [0.25, 0.3) is 0 Å². The van der Waals surface area contributed by atoms with E-state index in [1.54, 1.807) is 0 Å². The van der Waals surface area contributed by atoms with Crippen LogP contribution in [-0.2, 0) is 24.8 Å². The Morgan fingerprint density at radius 2 is 1.08 bits per heavy atom. The number of nitrogens with zero attached hydrogens (tertiary/aromatic N) is 3. The van der Waals surface area contributed by atoms with Crippen LogP contribution in [-0.4, -0.2) is 76.0 Å². The molecule has 2 aliphatic rings. The van der Waals surface area contributed by atoms with Gasteiger partial charge in [0.25, 0.3) is 0 Å². The summed E-state index contributed by atoms with van der Waals surface area (Å²) in [4.78, 5) is 12.4. The van der Waals surface area contributed by atoms with Crippen LogP contribution in [0.1, 0.15) is 12.8 Å². The zero-order valence-corrected chi connectivity index (χ0v) is 15.4. The van der Waals surface area contributed by atoms with Crippen molar-refractivity contribution >= 4 is 26.5 Å². The Balaban J connectivity index is 1.79. The molecule has 0 spiro atoms. The van der Waals surface area contributed by atoms with Gasteiger partial charge in [-0.25, -0.2) is 16.8 Å². The fraction of sp³-hybridized carbons (Fsp3) is 0.533. The van der Waals surface area contributed by atoms with Crippen LogP contribution in [0, 0.1) is 0 Å². The van der Waals surface area contributed by atoms with Crippen molar-refractivity contribution in [3.8, 4) is 0 Å². The second-order valence-corrected chi connectivity index (χ2v) is 10.0. The van der Waals surface area contributed by atoms with Gasteiger partial charge in [0.15, 0.2) is 0 Å². The van der Waals surface area contributed by atoms with Gasteiger partial charge in [-0.05, 0) is 37.1 Å². The Hall–Kier alpha value is -1.49. The van der Waals surface area contributed by atoms with Crippen molar-refractivity contribution in [2.24, 2.45) is 0 Å². The molecule has 0 aromatic heterocycles. The molecule has 0 bridgehead atoms. The molecule has 0 radical (unpaired) electrons. The van der Waals surface area contributed by atoms with Gasteiger partial charge in [-0.15, -0.1) is 0 Å². The van der Waals surface area contributed by atoms with E-state index in [0.717, 1.165) is 12.8 Å². The van der Waals surface area contributed by atoms with Gasteiger partial charge in [-0.1, -0.05) is 0 Å². The molecule has 0 aliphatic carbocycles. The zero-order valence-electron chi connectivity index (χ0n) is 13.7. The molecule has 2 heterocycles. The lowest BCUT2D eigenvalue weighted by Gasteiger charge is -2.31. The maximum absolute atomic E-state index is 12.7. The maximum Gasteiger partial charge on any atom is 0.243 e. The first kappa shape index (κ1) is 18.3. The molecule has 3 rings (SSSR count). The number of rotatable bonds is 5. The average Bonchev–Trinajstić information content (AvgIpc) is 3.17. The molecular weight excluding hydrogens is 366 g/mol. The normalized spacial score (nSPS) is 20.7. The van der Waals surface area contributed by atoms with Crippen LogP contribution in [0.2, 0.25) is 0 Å². The van der Waals surface area contributed by atoms with E-state index >= 15 is 0 Å². The molecular formula is C15H21N3O5S2. The molecule has 0 N–H and O–H groups in total. The van der Waals surface area contributed by atoms with Crippen LogP contribution >= 0.6 is 0 Å². The predicted molar refractivity (Wildman–Crippen MR) is 90.8 cm³/mol. The Bertz CT molecular complexity index is 822. The highest BCUT2D eigenvalue weighted by Gasteiger charge is 2.30. The molecule has 8 nitrogen and oxygen atoms in total. The molecule has 2 saturated heterocycles. The monoisotopic (exact) mass is 387 g/mol. The van der Waals surface area contributed by atoms with Crippen molar-refractivity contribution in [2.45, 2.75) is 22.6 Å². The fourth-order valence-corrected chi connectivity index (χ4v) is 6.00. The highest BCUT2D eigenvalue weighted by atomic mass is 32.2. The van der Waals surface area contributed by atoms with Gasteiger partial charge in [0, 0.05) is 39.3 Å². The van der Waals surface area contributed by atoms with Crippen molar-refractivity contribution < 1.29 is 21.6 Å². The molecule has 1 amide bonds. The van der Waals surface area contributed by atoms with Gasteiger partial charge in [0.2, 0.25) is 26.5 Å². The van der Waals surface area contributed by atoms with Crippen molar-refractivity contribution in [1.29, 1.82) is 0 Å². The number of carbonyl (C=O) groups is 1. The summed E-state index contributed by atoms with van der Waals surface area (Å²) in [5.41, 5.74) is 0. The van der Waals surface area contributed by atoms with Crippen LogP contribution in [0.5, 0.6) is 0 Å². The first-order valence-electron chi connectivity index (χ1n) is 8.15. The van der Waals surface area contributed by atoms with Crippen LogP contribution in [0.3, 0.4) is 0 Å². The van der Waals surface area contributed by atoms with Crippen molar-refractivity contribution in [3.63, 3.8) is 0 Å². The molecule has 25 heavy (non-hydrogen) atoms. The highest BCUT2D eigenvalue weighted by molar-refractivity contribution is 7.89. The van der Waals surface area contributed by atoms with Crippen LogP contribution < -0.4 is 0 Å². The van der Waals surface area contributed by atoms with Gasteiger partial charge in [0.1, 0.15) is 0 Å². The summed E-state index contributed by atoms with van der Waals surface area (Å²) in [5.74, 6) is 0. The van der Waals surface area contributed by atoms with E-state index < -0.39 is 20.0 Å². The Morgan fingerprint density at radius 3 is 1.48 bits per heavy atom. The number of hydrogen-bond donors (Lipinski definition) is 0. The van der Waals surface area contributed by atoms with E-state index in [2.05, 4.69) is 0 Å². The number of benzene rings is 1. The first-order chi connectivity index (χ1) is 11.9. The SMILES string of the molecule is O=CN1CCN(S(=O)(=O)c2ccc(S(=O)(=O)N3CCCC3)cc2)CC1. The number of amides is 1. The largest absolute Gasteiger partial charge is 0.343 e. The zero-order chi connectivity index (χ0) is 18.1. The number of hydrogen-bond acceptors (Lipinski definition) is 5. The smallest absolute Gasteiger partial charge is 0.243 e. The van der Waals surface area contributed by atoms with Gasteiger partial charge in [-0.3, -0.25) is 4.79 Å². The lowest BCUT2D eigenvalue weighted by molar-refractivity contribution is -0.119. The number of carbonyl (C=O) groups excluding carboxylic acids is 1. The quantitative estimate of drug-likeness (QED) is 0.660. The third-order valence-electron chi connectivity index (χ3n) is 4.59. The molecule has 0 unspecified atom stereocenters. The molecule has 1 aromatic carbocycles. The van der Waals surface area contributed by atoms with E-state index in [1.807, 2.05) is 0 Å². The number of piperazine rings is 1.